The highest BCUT2D eigenvalue weighted by Gasteiger charge is 2.37. The van der Waals surface area contributed by atoms with E-state index in [1.807, 2.05) is 0 Å². The molecule has 0 aromatic carbocycles. The van der Waals surface area contributed by atoms with Gasteiger partial charge in [-0.1, -0.05) is 19.3 Å². The smallest absolute Gasteiger partial charge is 0.0731 e. The van der Waals surface area contributed by atoms with Gasteiger partial charge >= 0.3 is 0 Å². The maximum absolute atomic E-state index is 5.95. The molecule has 1 aliphatic carbocycles. The number of morpholine rings is 1. The zero-order valence-electron chi connectivity index (χ0n) is 10.5. The molecule has 2 rings (SSSR count). The number of nitrogens with zero attached hydrogens (tertiary/aromatic N) is 1. The fraction of sp³-hybridized carbons (Fsp3) is 1.00. The minimum absolute atomic E-state index is 0.303. The molecule has 1 aliphatic heterocycles. The lowest BCUT2D eigenvalue weighted by Crippen LogP contribution is -2.57. The lowest BCUT2D eigenvalue weighted by Gasteiger charge is -2.47. The highest BCUT2D eigenvalue weighted by molar-refractivity contribution is 4.91. The van der Waals surface area contributed by atoms with Gasteiger partial charge in [-0.15, -0.1) is 0 Å². The molecule has 2 fully saturated rings. The zero-order chi connectivity index (χ0) is 10.9. The fourth-order valence-corrected chi connectivity index (χ4v) is 3.11. The van der Waals surface area contributed by atoms with Crippen molar-refractivity contribution in [3.8, 4) is 0 Å². The predicted molar refractivity (Wildman–Crippen MR) is 63.1 cm³/mol. The lowest BCUT2D eigenvalue weighted by molar-refractivity contribution is -0.103. The Morgan fingerprint density at radius 1 is 1.07 bits per heavy atom. The minimum Gasteiger partial charge on any atom is -0.375 e. The average molecular weight is 211 g/mol. The predicted octanol–water partition coefficient (Wildman–Crippen LogP) is 2.82. The van der Waals surface area contributed by atoms with E-state index in [4.69, 9.17) is 4.74 Å². The van der Waals surface area contributed by atoms with Gasteiger partial charge in [0.05, 0.1) is 12.7 Å². The maximum Gasteiger partial charge on any atom is 0.0731 e. The van der Waals surface area contributed by atoms with E-state index in [-0.39, 0.29) is 0 Å². The molecule has 2 atom stereocenters. The molecule has 15 heavy (non-hydrogen) atoms. The van der Waals surface area contributed by atoms with Crippen LogP contribution < -0.4 is 0 Å². The fourth-order valence-electron chi connectivity index (χ4n) is 3.11. The third-order valence-corrected chi connectivity index (χ3v) is 3.84. The summed E-state index contributed by atoms with van der Waals surface area (Å²) < 4.78 is 5.95. The molecule has 0 bridgehead atoms. The summed E-state index contributed by atoms with van der Waals surface area (Å²) >= 11 is 0. The van der Waals surface area contributed by atoms with Crippen LogP contribution in [0, 0.1) is 0 Å². The van der Waals surface area contributed by atoms with Gasteiger partial charge in [-0.3, -0.25) is 4.90 Å². The van der Waals surface area contributed by atoms with Crippen molar-refractivity contribution in [1.29, 1.82) is 0 Å². The summed E-state index contributed by atoms with van der Waals surface area (Å²) in [6.07, 6.45) is 7.27. The van der Waals surface area contributed by atoms with Crippen LogP contribution in [-0.2, 0) is 4.74 Å². The van der Waals surface area contributed by atoms with Crippen molar-refractivity contribution in [2.75, 3.05) is 13.2 Å². The van der Waals surface area contributed by atoms with Crippen molar-refractivity contribution in [3.63, 3.8) is 0 Å². The number of fused-ring (bicyclic) bond motifs is 1. The Balaban J connectivity index is 2.10. The minimum atomic E-state index is 0.303. The van der Waals surface area contributed by atoms with E-state index >= 15 is 0 Å². The SMILES string of the molecule is CC(C)(C)N1CCOC2CCCCCC21. The first-order chi connectivity index (χ1) is 7.09. The molecule has 0 amide bonds. The van der Waals surface area contributed by atoms with E-state index in [2.05, 4.69) is 25.7 Å². The van der Waals surface area contributed by atoms with Crippen LogP contribution in [0.2, 0.25) is 0 Å². The highest BCUT2D eigenvalue weighted by atomic mass is 16.5. The Labute approximate surface area is 94.0 Å². The number of rotatable bonds is 0. The van der Waals surface area contributed by atoms with Gasteiger partial charge in [-0.25, -0.2) is 0 Å². The highest BCUT2D eigenvalue weighted by Crippen LogP contribution is 2.31. The van der Waals surface area contributed by atoms with Crippen LogP contribution in [0.5, 0.6) is 0 Å². The summed E-state index contributed by atoms with van der Waals surface area (Å²) in [6, 6.07) is 0.682. The molecular weight excluding hydrogens is 186 g/mol. The number of hydrogen-bond donors (Lipinski definition) is 0. The summed E-state index contributed by atoms with van der Waals surface area (Å²) in [7, 11) is 0. The Bertz CT molecular complexity index is 209. The van der Waals surface area contributed by atoms with E-state index in [0.29, 0.717) is 17.7 Å². The molecule has 2 aliphatic rings. The second-order valence-corrected chi connectivity index (χ2v) is 5.98. The molecule has 0 aromatic rings. The molecule has 2 unspecified atom stereocenters. The molecule has 88 valence electrons. The first-order valence-electron chi connectivity index (χ1n) is 6.47. The molecule has 0 aromatic heterocycles. The van der Waals surface area contributed by atoms with Crippen LogP contribution in [0.4, 0.5) is 0 Å². The Hall–Kier alpha value is -0.0800. The van der Waals surface area contributed by atoms with Gasteiger partial charge in [0, 0.05) is 18.1 Å². The Kier molecular flexibility index (Phi) is 3.36. The van der Waals surface area contributed by atoms with Crippen molar-refractivity contribution in [3.05, 3.63) is 0 Å². The van der Waals surface area contributed by atoms with Gasteiger partial charge < -0.3 is 4.74 Å². The second-order valence-electron chi connectivity index (χ2n) is 5.98. The van der Waals surface area contributed by atoms with Crippen molar-refractivity contribution < 1.29 is 4.74 Å². The molecule has 0 spiro atoms. The number of ether oxygens (including phenoxy) is 1. The Morgan fingerprint density at radius 3 is 2.53 bits per heavy atom. The molecule has 1 heterocycles. The third-order valence-electron chi connectivity index (χ3n) is 3.84. The molecule has 2 heteroatoms. The standard InChI is InChI=1S/C13H25NO/c1-13(2,3)14-9-10-15-12-8-6-4-5-7-11(12)14/h11-12H,4-10H2,1-3H3. The monoisotopic (exact) mass is 211 g/mol. The van der Waals surface area contributed by atoms with Gasteiger partial charge in [0.2, 0.25) is 0 Å². The summed E-state index contributed by atoms with van der Waals surface area (Å²) in [5, 5.41) is 0. The van der Waals surface area contributed by atoms with E-state index in [9.17, 15) is 0 Å². The largest absolute Gasteiger partial charge is 0.375 e. The normalized spacial score (nSPS) is 34.6. The third kappa shape index (κ3) is 2.54. The quantitative estimate of drug-likeness (QED) is 0.611. The summed E-state index contributed by atoms with van der Waals surface area (Å²) in [4.78, 5) is 2.67. The van der Waals surface area contributed by atoms with Crippen molar-refractivity contribution in [1.82, 2.24) is 4.90 Å². The van der Waals surface area contributed by atoms with Crippen LogP contribution >= 0.6 is 0 Å². The molecule has 0 radical (unpaired) electrons. The second kappa shape index (κ2) is 4.42. The molecule has 0 N–H and O–H groups in total. The summed E-state index contributed by atoms with van der Waals surface area (Å²) in [6.45, 7) is 9.05. The van der Waals surface area contributed by atoms with Gasteiger partial charge in [-0.2, -0.15) is 0 Å². The zero-order valence-corrected chi connectivity index (χ0v) is 10.5. The van der Waals surface area contributed by atoms with Crippen molar-refractivity contribution in [2.45, 2.75) is 70.6 Å². The van der Waals surface area contributed by atoms with Crippen LogP contribution in [-0.4, -0.2) is 35.7 Å². The summed E-state index contributed by atoms with van der Waals surface area (Å²) in [5.41, 5.74) is 0.303. The van der Waals surface area contributed by atoms with E-state index in [1.165, 1.54) is 32.1 Å². The average Bonchev–Trinajstić information content (AvgIpc) is 2.39. The number of hydrogen-bond acceptors (Lipinski definition) is 2. The van der Waals surface area contributed by atoms with Gasteiger partial charge in [0.15, 0.2) is 0 Å². The summed E-state index contributed by atoms with van der Waals surface area (Å²) in [5.74, 6) is 0. The lowest BCUT2D eigenvalue weighted by atomic mass is 9.95. The molecule has 1 saturated carbocycles. The van der Waals surface area contributed by atoms with Crippen molar-refractivity contribution >= 4 is 0 Å². The molecule has 1 saturated heterocycles. The molecule has 2 nitrogen and oxygen atoms in total. The van der Waals surface area contributed by atoms with Crippen LogP contribution in [0.25, 0.3) is 0 Å². The van der Waals surface area contributed by atoms with Gasteiger partial charge in [-0.05, 0) is 33.6 Å². The topological polar surface area (TPSA) is 12.5 Å². The van der Waals surface area contributed by atoms with Crippen LogP contribution in [0.1, 0.15) is 52.9 Å². The first-order valence-corrected chi connectivity index (χ1v) is 6.47. The van der Waals surface area contributed by atoms with E-state index < -0.39 is 0 Å². The maximum atomic E-state index is 5.95. The molecular formula is C13H25NO. The van der Waals surface area contributed by atoms with Crippen molar-refractivity contribution in [2.24, 2.45) is 0 Å². The van der Waals surface area contributed by atoms with Gasteiger partial charge in [0.1, 0.15) is 0 Å². The Morgan fingerprint density at radius 2 is 1.80 bits per heavy atom. The van der Waals surface area contributed by atoms with E-state index in [0.717, 1.165) is 13.2 Å². The van der Waals surface area contributed by atoms with E-state index in [1.54, 1.807) is 0 Å². The first kappa shape index (κ1) is 11.4. The van der Waals surface area contributed by atoms with Gasteiger partial charge in [0.25, 0.3) is 0 Å². The van der Waals surface area contributed by atoms with Crippen LogP contribution in [0.15, 0.2) is 0 Å². The van der Waals surface area contributed by atoms with Crippen LogP contribution in [0.3, 0.4) is 0 Å².